The SMILES string of the molecule is CCS(=O)(=O)CCN1CC2(CC(Oc3ccccn3)CCO2)C1. The van der Waals surface area contributed by atoms with Gasteiger partial charge < -0.3 is 9.47 Å². The van der Waals surface area contributed by atoms with E-state index in [4.69, 9.17) is 9.47 Å². The summed E-state index contributed by atoms with van der Waals surface area (Å²) in [7, 11) is -2.90. The largest absolute Gasteiger partial charge is 0.474 e. The number of aromatic nitrogens is 1. The fourth-order valence-electron chi connectivity index (χ4n) is 3.23. The van der Waals surface area contributed by atoms with Crippen LogP contribution in [0.1, 0.15) is 19.8 Å². The predicted molar refractivity (Wildman–Crippen MR) is 87.3 cm³/mol. The van der Waals surface area contributed by atoms with Crippen molar-refractivity contribution in [2.24, 2.45) is 0 Å². The number of pyridine rings is 1. The van der Waals surface area contributed by atoms with Crippen molar-refractivity contribution in [3.05, 3.63) is 24.4 Å². The zero-order valence-electron chi connectivity index (χ0n) is 13.5. The van der Waals surface area contributed by atoms with E-state index in [1.165, 1.54) is 0 Å². The first kappa shape index (κ1) is 16.7. The van der Waals surface area contributed by atoms with Crippen LogP contribution in [0.15, 0.2) is 24.4 Å². The Bertz CT molecular complexity index is 614. The Morgan fingerprint density at radius 1 is 1.43 bits per heavy atom. The molecule has 128 valence electrons. The highest BCUT2D eigenvalue weighted by Crippen LogP contribution is 2.35. The molecule has 1 aromatic rings. The lowest BCUT2D eigenvalue weighted by atomic mass is 9.85. The first-order valence-electron chi connectivity index (χ1n) is 8.15. The molecule has 0 amide bonds. The Hall–Kier alpha value is -1.18. The predicted octanol–water partition coefficient (Wildman–Crippen LogP) is 1.13. The lowest BCUT2D eigenvalue weighted by Gasteiger charge is -2.53. The van der Waals surface area contributed by atoms with Crippen molar-refractivity contribution in [1.29, 1.82) is 0 Å². The quantitative estimate of drug-likeness (QED) is 0.773. The van der Waals surface area contributed by atoms with Crippen LogP contribution in [0.2, 0.25) is 0 Å². The highest BCUT2D eigenvalue weighted by Gasteiger charge is 2.48. The van der Waals surface area contributed by atoms with Crippen LogP contribution in [0.25, 0.3) is 0 Å². The van der Waals surface area contributed by atoms with Gasteiger partial charge in [0.1, 0.15) is 6.10 Å². The summed E-state index contributed by atoms with van der Waals surface area (Å²) in [6, 6.07) is 5.65. The second-order valence-electron chi connectivity index (χ2n) is 6.38. The summed E-state index contributed by atoms with van der Waals surface area (Å²) in [6.45, 7) is 4.53. The maximum atomic E-state index is 11.6. The number of hydrogen-bond donors (Lipinski definition) is 0. The molecule has 1 atom stereocenters. The molecule has 0 bridgehead atoms. The van der Waals surface area contributed by atoms with Crippen molar-refractivity contribution in [1.82, 2.24) is 9.88 Å². The third-order valence-corrected chi connectivity index (χ3v) is 6.24. The van der Waals surface area contributed by atoms with Crippen LogP contribution in [0.3, 0.4) is 0 Å². The summed E-state index contributed by atoms with van der Waals surface area (Å²) in [6.07, 6.45) is 3.53. The molecule has 0 N–H and O–H groups in total. The molecule has 1 aromatic heterocycles. The normalized spacial score (nSPS) is 24.3. The van der Waals surface area contributed by atoms with Crippen molar-refractivity contribution in [2.75, 3.05) is 37.7 Å². The molecule has 6 nitrogen and oxygen atoms in total. The highest BCUT2D eigenvalue weighted by molar-refractivity contribution is 7.91. The minimum Gasteiger partial charge on any atom is -0.474 e. The van der Waals surface area contributed by atoms with E-state index < -0.39 is 9.84 Å². The van der Waals surface area contributed by atoms with Crippen molar-refractivity contribution >= 4 is 9.84 Å². The smallest absolute Gasteiger partial charge is 0.213 e. The molecule has 23 heavy (non-hydrogen) atoms. The molecule has 0 aromatic carbocycles. The second-order valence-corrected chi connectivity index (χ2v) is 8.85. The number of rotatable bonds is 6. The van der Waals surface area contributed by atoms with Crippen molar-refractivity contribution in [3.63, 3.8) is 0 Å². The molecule has 1 unspecified atom stereocenters. The Morgan fingerprint density at radius 2 is 2.26 bits per heavy atom. The summed E-state index contributed by atoms with van der Waals surface area (Å²) in [5.74, 6) is 1.09. The summed E-state index contributed by atoms with van der Waals surface area (Å²) in [5, 5.41) is 0. The Kier molecular flexibility index (Phi) is 4.89. The van der Waals surface area contributed by atoms with Crippen molar-refractivity contribution < 1.29 is 17.9 Å². The van der Waals surface area contributed by atoms with Gasteiger partial charge in [-0.15, -0.1) is 0 Å². The molecule has 7 heteroatoms. The molecular formula is C16H24N2O4S. The summed E-state index contributed by atoms with van der Waals surface area (Å²) < 4.78 is 35.1. The van der Waals surface area contributed by atoms with E-state index in [-0.39, 0.29) is 23.2 Å². The number of nitrogens with zero attached hydrogens (tertiary/aromatic N) is 2. The van der Waals surface area contributed by atoms with E-state index in [0.717, 1.165) is 25.9 Å². The number of sulfone groups is 1. The lowest BCUT2D eigenvalue weighted by molar-refractivity contribution is -0.184. The zero-order chi connectivity index (χ0) is 16.3. The van der Waals surface area contributed by atoms with Crippen LogP contribution in [0.4, 0.5) is 0 Å². The maximum Gasteiger partial charge on any atom is 0.213 e. The zero-order valence-corrected chi connectivity index (χ0v) is 14.3. The van der Waals surface area contributed by atoms with Crippen molar-refractivity contribution in [3.8, 4) is 5.88 Å². The third-order valence-electron chi connectivity index (χ3n) is 4.55. The van der Waals surface area contributed by atoms with E-state index in [9.17, 15) is 8.42 Å². The fraction of sp³-hybridized carbons (Fsp3) is 0.688. The van der Waals surface area contributed by atoms with E-state index in [1.54, 1.807) is 13.1 Å². The molecule has 3 heterocycles. The van der Waals surface area contributed by atoms with E-state index in [0.29, 0.717) is 19.0 Å². The highest BCUT2D eigenvalue weighted by atomic mass is 32.2. The molecule has 2 aliphatic heterocycles. The van der Waals surface area contributed by atoms with Gasteiger partial charge in [0.15, 0.2) is 9.84 Å². The van der Waals surface area contributed by atoms with Crippen LogP contribution in [-0.2, 0) is 14.6 Å². The Labute approximate surface area is 137 Å². The maximum absolute atomic E-state index is 11.6. The van der Waals surface area contributed by atoms with Gasteiger partial charge in [0, 0.05) is 50.5 Å². The van der Waals surface area contributed by atoms with Crippen molar-refractivity contribution in [2.45, 2.75) is 31.5 Å². The molecular weight excluding hydrogens is 316 g/mol. The van der Waals surface area contributed by atoms with Gasteiger partial charge in [-0.3, -0.25) is 4.90 Å². The van der Waals surface area contributed by atoms with Crippen LogP contribution in [-0.4, -0.2) is 67.8 Å². The molecule has 0 radical (unpaired) electrons. The first-order valence-corrected chi connectivity index (χ1v) is 9.97. The molecule has 2 saturated heterocycles. The van der Waals surface area contributed by atoms with Gasteiger partial charge in [-0.1, -0.05) is 13.0 Å². The van der Waals surface area contributed by atoms with Gasteiger partial charge in [0.05, 0.1) is 18.0 Å². The standard InChI is InChI=1S/C16H24N2O4S/c1-2-23(19,20)10-8-18-12-16(13-18)11-14(6-9-21-16)22-15-5-3-4-7-17-15/h3-5,7,14H,2,6,8-13H2,1H3. The van der Waals surface area contributed by atoms with Crippen LogP contribution < -0.4 is 4.74 Å². The fourth-order valence-corrected chi connectivity index (χ4v) is 4.06. The van der Waals surface area contributed by atoms with Gasteiger partial charge in [0.25, 0.3) is 0 Å². The number of hydrogen-bond acceptors (Lipinski definition) is 6. The average Bonchev–Trinajstić information content (AvgIpc) is 2.52. The molecule has 2 aliphatic rings. The van der Waals surface area contributed by atoms with E-state index in [1.807, 2.05) is 18.2 Å². The van der Waals surface area contributed by atoms with Crippen LogP contribution >= 0.6 is 0 Å². The minimum absolute atomic E-state index is 0.111. The minimum atomic E-state index is -2.90. The summed E-state index contributed by atoms with van der Waals surface area (Å²) >= 11 is 0. The number of ether oxygens (including phenoxy) is 2. The Morgan fingerprint density at radius 3 is 2.96 bits per heavy atom. The van der Waals surface area contributed by atoms with Gasteiger partial charge in [-0.05, 0) is 6.07 Å². The summed E-state index contributed by atoms with van der Waals surface area (Å²) in [5.41, 5.74) is -0.173. The van der Waals surface area contributed by atoms with Gasteiger partial charge in [0.2, 0.25) is 5.88 Å². The molecule has 2 fully saturated rings. The average molecular weight is 340 g/mol. The Balaban J connectivity index is 1.48. The summed E-state index contributed by atoms with van der Waals surface area (Å²) in [4.78, 5) is 6.35. The number of likely N-dealkylation sites (tertiary alicyclic amines) is 1. The topological polar surface area (TPSA) is 68.7 Å². The van der Waals surface area contributed by atoms with Crippen LogP contribution in [0.5, 0.6) is 5.88 Å². The van der Waals surface area contributed by atoms with Crippen LogP contribution in [0, 0.1) is 0 Å². The third kappa shape index (κ3) is 4.22. The van der Waals surface area contributed by atoms with Gasteiger partial charge in [-0.25, -0.2) is 13.4 Å². The van der Waals surface area contributed by atoms with Gasteiger partial charge >= 0.3 is 0 Å². The van der Waals surface area contributed by atoms with E-state index in [2.05, 4.69) is 9.88 Å². The monoisotopic (exact) mass is 340 g/mol. The first-order chi connectivity index (χ1) is 11.0. The van der Waals surface area contributed by atoms with E-state index >= 15 is 0 Å². The molecule has 1 spiro atoms. The second kappa shape index (κ2) is 6.75. The molecule has 0 aliphatic carbocycles. The molecule has 0 saturated carbocycles. The van der Waals surface area contributed by atoms with Gasteiger partial charge in [-0.2, -0.15) is 0 Å². The lowest BCUT2D eigenvalue weighted by Crippen LogP contribution is -2.66. The molecule has 3 rings (SSSR count).